The molecule has 0 aliphatic heterocycles. The smallest absolute Gasteiger partial charge is 0.0726 e. The van der Waals surface area contributed by atoms with Crippen molar-refractivity contribution < 1.29 is 0 Å². The molecular weight excluding hydrogens is 563 g/mol. The second-order valence-corrected chi connectivity index (χ2v) is 14.4. The van der Waals surface area contributed by atoms with Crippen LogP contribution in [0.1, 0.15) is 72.9 Å². The van der Waals surface area contributed by atoms with Crippen LogP contribution in [0.25, 0.3) is 42.4 Å². The Hall–Kier alpha value is -4.66. The molecular formula is C43H35NS. The fourth-order valence-corrected chi connectivity index (χ4v) is 9.25. The third-order valence-corrected chi connectivity index (χ3v) is 11.5. The summed E-state index contributed by atoms with van der Waals surface area (Å²) in [5, 5.41) is 6.61. The molecule has 0 bridgehead atoms. The maximum absolute atomic E-state index is 3.97. The molecule has 0 amide bonds. The number of anilines is 2. The van der Waals surface area contributed by atoms with Gasteiger partial charge in [0.2, 0.25) is 0 Å². The van der Waals surface area contributed by atoms with E-state index in [4.69, 9.17) is 0 Å². The maximum atomic E-state index is 3.97. The van der Waals surface area contributed by atoms with Crippen LogP contribution in [0.4, 0.5) is 11.4 Å². The van der Waals surface area contributed by atoms with Crippen LogP contribution in [0.2, 0.25) is 0 Å². The molecule has 1 N–H and O–H groups in total. The van der Waals surface area contributed by atoms with E-state index in [1.807, 2.05) is 11.3 Å². The lowest BCUT2D eigenvalue weighted by atomic mass is 9.69. The summed E-state index contributed by atoms with van der Waals surface area (Å²) in [5.74, 6) is 0.904. The Balaban J connectivity index is 1.34. The van der Waals surface area contributed by atoms with E-state index in [9.17, 15) is 0 Å². The quantitative estimate of drug-likeness (QED) is 0.213. The molecule has 1 aromatic heterocycles. The topological polar surface area (TPSA) is 12.0 Å². The van der Waals surface area contributed by atoms with Crippen LogP contribution in [-0.4, -0.2) is 0 Å². The van der Waals surface area contributed by atoms with Crippen LogP contribution in [0.15, 0.2) is 121 Å². The van der Waals surface area contributed by atoms with E-state index >= 15 is 0 Å². The third kappa shape index (κ3) is 3.61. The zero-order valence-corrected chi connectivity index (χ0v) is 26.9. The van der Waals surface area contributed by atoms with Gasteiger partial charge in [-0.3, -0.25) is 0 Å². The van der Waals surface area contributed by atoms with Crippen molar-refractivity contribution in [3.8, 4) is 22.3 Å². The first kappa shape index (κ1) is 26.7. The Morgan fingerprint density at radius 2 is 1.11 bits per heavy atom. The van der Waals surface area contributed by atoms with Crippen LogP contribution in [-0.2, 0) is 5.41 Å². The predicted octanol–water partition coefficient (Wildman–Crippen LogP) is 12.4. The van der Waals surface area contributed by atoms with Crippen LogP contribution in [0, 0.1) is 0 Å². The van der Waals surface area contributed by atoms with Crippen LogP contribution in [0.3, 0.4) is 0 Å². The van der Waals surface area contributed by atoms with Gasteiger partial charge in [-0.15, -0.1) is 11.3 Å². The number of rotatable bonds is 4. The first-order valence-electron chi connectivity index (χ1n) is 16.2. The minimum absolute atomic E-state index is 0.367. The molecule has 0 saturated heterocycles. The summed E-state index contributed by atoms with van der Waals surface area (Å²) in [4.78, 5) is 0. The van der Waals surface area contributed by atoms with Gasteiger partial charge in [0.05, 0.1) is 15.8 Å². The Kier molecular flexibility index (Phi) is 5.74. The highest BCUT2D eigenvalue weighted by molar-refractivity contribution is 7.26. The lowest BCUT2D eigenvalue weighted by molar-refractivity contribution is 0.777. The summed E-state index contributed by atoms with van der Waals surface area (Å²) in [6.45, 7) is 9.22. The van der Waals surface area contributed by atoms with E-state index in [-0.39, 0.29) is 5.41 Å². The summed E-state index contributed by atoms with van der Waals surface area (Å²) < 4.78 is 2.63. The summed E-state index contributed by atoms with van der Waals surface area (Å²) in [6, 6.07) is 46.0. The second kappa shape index (κ2) is 9.67. The number of benzene rings is 6. The number of fused-ring (bicyclic) bond motifs is 13. The van der Waals surface area contributed by atoms with Gasteiger partial charge in [-0.2, -0.15) is 0 Å². The summed E-state index contributed by atoms with van der Waals surface area (Å²) in [5.41, 5.74) is 15.7. The molecule has 0 radical (unpaired) electrons. The van der Waals surface area contributed by atoms with Crippen molar-refractivity contribution in [2.75, 3.05) is 5.32 Å². The second-order valence-electron chi connectivity index (χ2n) is 13.3. The molecule has 1 spiro atoms. The zero-order valence-electron chi connectivity index (χ0n) is 26.1. The highest BCUT2D eigenvalue weighted by atomic mass is 32.1. The Labute approximate surface area is 269 Å². The SMILES string of the molecule is CC(C)c1ccc2c(c1)C1(c3cc(C(C)C)ccc3-2)c2ccccc2-c2c(Nc3cccc4c3sc3ccccc34)cccc21. The Morgan fingerprint density at radius 3 is 1.84 bits per heavy atom. The Bertz CT molecular complexity index is 2260. The van der Waals surface area contributed by atoms with E-state index in [0.717, 1.165) is 11.4 Å². The van der Waals surface area contributed by atoms with Crippen LogP contribution < -0.4 is 5.32 Å². The number of thiophene rings is 1. The third-order valence-electron chi connectivity index (χ3n) is 10.3. The van der Waals surface area contributed by atoms with E-state index in [1.54, 1.807) is 0 Å². The predicted molar refractivity (Wildman–Crippen MR) is 194 cm³/mol. The minimum Gasteiger partial charge on any atom is -0.354 e. The molecule has 1 heterocycles. The first-order valence-corrected chi connectivity index (χ1v) is 17.0. The standard InChI is InChI=1S/C43H35NS/c1-25(2)27-19-21-29-30-22-20-28(26(3)4)24-37(30)43(36(29)23-27)34-14-7-5-12-33(34)41-35(43)15-10-16-38(41)44-39-17-9-13-32-31-11-6-8-18-40(31)45-42(32)39/h5-26,44H,1-4H3. The minimum atomic E-state index is -0.367. The zero-order chi connectivity index (χ0) is 30.4. The fourth-order valence-electron chi connectivity index (χ4n) is 8.08. The molecule has 1 nitrogen and oxygen atoms in total. The van der Waals surface area contributed by atoms with E-state index < -0.39 is 0 Å². The van der Waals surface area contributed by atoms with Gasteiger partial charge in [0.15, 0.2) is 0 Å². The Morgan fingerprint density at radius 1 is 0.511 bits per heavy atom. The van der Waals surface area contributed by atoms with E-state index in [0.29, 0.717) is 11.8 Å². The largest absolute Gasteiger partial charge is 0.354 e. The monoisotopic (exact) mass is 597 g/mol. The molecule has 0 fully saturated rings. The molecule has 0 saturated carbocycles. The highest BCUT2D eigenvalue weighted by Gasteiger charge is 2.52. The number of hydrogen-bond donors (Lipinski definition) is 1. The molecule has 2 aliphatic carbocycles. The molecule has 2 aliphatic rings. The van der Waals surface area contributed by atoms with Crippen molar-refractivity contribution in [2.45, 2.75) is 44.9 Å². The molecule has 0 atom stereocenters. The van der Waals surface area contributed by atoms with Gasteiger partial charge in [-0.05, 0) is 80.1 Å². The van der Waals surface area contributed by atoms with Crippen LogP contribution in [0.5, 0.6) is 0 Å². The maximum Gasteiger partial charge on any atom is 0.0726 e. The highest BCUT2D eigenvalue weighted by Crippen LogP contribution is 2.64. The van der Waals surface area contributed by atoms with Gasteiger partial charge in [0.25, 0.3) is 0 Å². The van der Waals surface area contributed by atoms with Gasteiger partial charge in [0.1, 0.15) is 0 Å². The average Bonchev–Trinajstić information content (AvgIpc) is 3.69. The van der Waals surface area contributed by atoms with Gasteiger partial charge < -0.3 is 5.32 Å². The molecule has 218 valence electrons. The van der Waals surface area contributed by atoms with Gasteiger partial charge in [-0.25, -0.2) is 0 Å². The lowest BCUT2D eigenvalue weighted by Crippen LogP contribution is -2.26. The number of hydrogen-bond acceptors (Lipinski definition) is 2. The van der Waals surface area contributed by atoms with Gasteiger partial charge in [0, 0.05) is 26.7 Å². The van der Waals surface area contributed by atoms with Gasteiger partial charge in [-0.1, -0.05) is 131 Å². The molecule has 2 heteroatoms. The van der Waals surface area contributed by atoms with Crippen molar-refractivity contribution in [1.82, 2.24) is 0 Å². The molecule has 45 heavy (non-hydrogen) atoms. The van der Waals surface area contributed by atoms with E-state index in [1.165, 1.54) is 75.8 Å². The van der Waals surface area contributed by atoms with Crippen molar-refractivity contribution in [2.24, 2.45) is 0 Å². The van der Waals surface area contributed by atoms with Crippen LogP contribution >= 0.6 is 11.3 Å². The van der Waals surface area contributed by atoms with Gasteiger partial charge >= 0.3 is 0 Å². The van der Waals surface area contributed by atoms with Crippen molar-refractivity contribution >= 4 is 42.9 Å². The molecule has 6 aromatic carbocycles. The number of nitrogens with one attached hydrogen (secondary N) is 1. The summed E-state index contributed by atoms with van der Waals surface area (Å²) in [6.07, 6.45) is 0. The summed E-state index contributed by atoms with van der Waals surface area (Å²) >= 11 is 1.87. The average molecular weight is 598 g/mol. The van der Waals surface area contributed by atoms with Crippen molar-refractivity contribution in [1.29, 1.82) is 0 Å². The first-order chi connectivity index (χ1) is 22.0. The normalized spacial score (nSPS) is 13.9. The fraction of sp³-hybridized carbons (Fsp3) is 0.163. The van der Waals surface area contributed by atoms with E-state index in [2.05, 4.69) is 154 Å². The van der Waals surface area contributed by atoms with Crippen molar-refractivity contribution in [3.63, 3.8) is 0 Å². The lowest BCUT2D eigenvalue weighted by Gasteiger charge is -2.31. The summed E-state index contributed by atoms with van der Waals surface area (Å²) in [7, 11) is 0. The molecule has 9 rings (SSSR count). The molecule has 0 unspecified atom stereocenters. The van der Waals surface area contributed by atoms with Crippen molar-refractivity contribution in [3.05, 3.63) is 155 Å². The molecule has 7 aromatic rings.